The van der Waals surface area contributed by atoms with Gasteiger partial charge in [-0.05, 0) is 39.6 Å². The Hall–Kier alpha value is -0.800. The SMILES string of the molecule is COCCCOc1cc(CC(OC(N)=O)C(C)(C)C)c(I)nc1Cl. The highest BCUT2D eigenvalue weighted by molar-refractivity contribution is 14.1. The lowest BCUT2D eigenvalue weighted by atomic mass is 9.85. The molecule has 0 aliphatic heterocycles. The van der Waals surface area contributed by atoms with E-state index in [-0.39, 0.29) is 11.5 Å². The fourth-order valence-corrected chi connectivity index (χ4v) is 2.94. The number of hydrogen-bond donors (Lipinski definition) is 1. The van der Waals surface area contributed by atoms with Gasteiger partial charge in [-0.25, -0.2) is 9.78 Å². The van der Waals surface area contributed by atoms with Crippen LogP contribution in [0.3, 0.4) is 0 Å². The Balaban J connectivity index is 2.94. The van der Waals surface area contributed by atoms with Crippen LogP contribution in [0.25, 0.3) is 0 Å². The second-order valence-electron chi connectivity index (χ2n) is 6.42. The second-order valence-corrected chi connectivity index (χ2v) is 7.80. The number of amides is 1. The highest BCUT2D eigenvalue weighted by atomic mass is 127. The van der Waals surface area contributed by atoms with E-state index in [1.807, 2.05) is 26.8 Å². The standard InChI is InChI=1S/C16H24ClIN2O4/c1-16(2,3)12(24-15(19)21)9-10-8-11(13(17)20-14(10)18)23-7-5-6-22-4/h8,12H,5-7,9H2,1-4H3,(H2,19,21). The summed E-state index contributed by atoms with van der Waals surface area (Å²) in [6.07, 6.45) is 0.0584. The second kappa shape index (κ2) is 9.62. The van der Waals surface area contributed by atoms with E-state index in [0.29, 0.717) is 30.5 Å². The van der Waals surface area contributed by atoms with Crippen molar-refractivity contribution in [1.29, 1.82) is 0 Å². The van der Waals surface area contributed by atoms with Crippen molar-refractivity contribution in [3.05, 3.63) is 20.5 Å². The number of carbonyl (C=O) groups excluding carboxylic acids is 1. The van der Waals surface area contributed by atoms with Crippen LogP contribution in [0, 0.1) is 9.12 Å². The van der Waals surface area contributed by atoms with Gasteiger partial charge in [-0.15, -0.1) is 0 Å². The Morgan fingerprint density at radius 2 is 2.08 bits per heavy atom. The molecule has 0 bridgehead atoms. The van der Waals surface area contributed by atoms with Gasteiger partial charge in [-0.3, -0.25) is 0 Å². The van der Waals surface area contributed by atoms with Gasteiger partial charge in [-0.2, -0.15) is 0 Å². The first-order chi connectivity index (χ1) is 11.1. The van der Waals surface area contributed by atoms with Crippen LogP contribution in [-0.2, 0) is 15.9 Å². The smallest absolute Gasteiger partial charge is 0.404 e. The molecule has 8 heteroatoms. The van der Waals surface area contributed by atoms with Crippen molar-refractivity contribution >= 4 is 40.3 Å². The summed E-state index contributed by atoms with van der Waals surface area (Å²) in [6.45, 7) is 7.05. The zero-order valence-electron chi connectivity index (χ0n) is 14.4. The van der Waals surface area contributed by atoms with Crippen LogP contribution in [0.4, 0.5) is 4.79 Å². The van der Waals surface area contributed by atoms with Crippen LogP contribution in [0.1, 0.15) is 32.8 Å². The quantitative estimate of drug-likeness (QED) is 0.355. The summed E-state index contributed by atoms with van der Waals surface area (Å²) in [4.78, 5) is 15.5. The maximum Gasteiger partial charge on any atom is 0.404 e. The molecule has 136 valence electrons. The van der Waals surface area contributed by atoms with Gasteiger partial charge in [0.15, 0.2) is 10.9 Å². The summed E-state index contributed by atoms with van der Waals surface area (Å²) >= 11 is 8.25. The van der Waals surface area contributed by atoms with E-state index >= 15 is 0 Å². The molecule has 0 saturated heterocycles. The highest BCUT2D eigenvalue weighted by Crippen LogP contribution is 2.31. The molecule has 1 amide bonds. The number of primary amides is 1. The van der Waals surface area contributed by atoms with E-state index in [1.54, 1.807) is 7.11 Å². The van der Waals surface area contributed by atoms with E-state index in [1.165, 1.54) is 0 Å². The molecule has 0 fully saturated rings. The topological polar surface area (TPSA) is 83.7 Å². The normalized spacial score (nSPS) is 12.8. The monoisotopic (exact) mass is 470 g/mol. The van der Waals surface area contributed by atoms with E-state index in [4.69, 9.17) is 31.5 Å². The van der Waals surface area contributed by atoms with Gasteiger partial charge in [0.25, 0.3) is 0 Å². The molecular weight excluding hydrogens is 447 g/mol. The molecule has 1 unspecified atom stereocenters. The van der Waals surface area contributed by atoms with E-state index < -0.39 is 6.09 Å². The number of nitrogens with two attached hydrogens (primary N) is 1. The fourth-order valence-electron chi connectivity index (χ4n) is 1.98. The maximum absolute atomic E-state index is 11.2. The third-order valence-corrected chi connectivity index (χ3v) is 4.55. The lowest BCUT2D eigenvalue weighted by molar-refractivity contribution is 0.0372. The zero-order chi connectivity index (χ0) is 18.3. The molecular formula is C16H24ClIN2O4. The van der Waals surface area contributed by atoms with Crippen molar-refractivity contribution in [2.75, 3.05) is 20.3 Å². The predicted octanol–water partition coefficient (Wildman–Crippen LogP) is 3.81. The third kappa shape index (κ3) is 6.98. The van der Waals surface area contributed by atoms with Crippen LogP contribution in [0.2, 0.25) is 5.15 Å². The highest BCUT2D eigenvalue weighted by Gasteiger charge is 2.29. The first kappa shape index (κ1) is 21.2. The number of hydrogen-bond acceptors (Lipinski definition) is 5. The number of halogens is 2. The molecule has 0 radical (unpaired) electrons. The van der Waals surface area contributed by atoms with Gasteiger partial charge in [0, 0.05) is 26.6 Å². The largest absolute Gasteiger partial charge is 0.490 e. The number of aromatic nitrogens is 1. The average Bonchev–Trinajstić information content (AvgIpc) is 2.45. The molecule has 6 nitrogen and oxygen atoms in total. The van der Waals surface area contributed by atoms with Crippen LogP contribution in [0.5, 0.6) is 5.75 Å². The first-order valence-corrected chi connectivity index (χ1v) is 9.03. The summed E-state index contributed by atoms with van der Waals surface area (Å²) in [7, 11) is 1.64. The molecule has 0 aromatic carbocycles. The summed E-state index contributed by atoms with van der Waals surface area (Å²) in [5.41, 5.74) is 5.82. The summed E-state index contributed by atoms with van der Waals surface area (Å²) in [5.74, 6) is 0.509. The van der Waals surface area contributed by atoms with Crippen LogP contribution < -0.4 is 10.5 Å². The Bertz CT molecular complexity index is 564. The molecule has 1 aromatic rings. The molecule has 0 saturated carbocycles. The average molecular weight is 471 g/mol. The van der Waals surface area contributed by atoms with Gasteiger partial charge in [-0.1, -0.05) is 32.4 Å². The van der Waals surface area contributed by atoms with Gasteiger partial charge >= 0.3 is 6.09 Å². The van der Waals surface area contributed by atoms with Crippen LogP contribution in [0.15, 0.2) is 6.07 Å². The predicted molar refractivity (Wildman–Crippen MR) is 102 cm³/mol. The number of nitrogens with zero attached hydrogens (tertiary/aromatic N) is 1. The first-order valence-electron chi connectivity index (χ1n) is 7.58. The van der Waals surface area contributed by atoms with Gasteiger partial charge < -0.3 is 19.9 Å². The van der Waals surface area contributed by atoms with Gasteiger partial charge in [0.05, 0.1) is 6.61 Å². The molecule has 1 heterocycles. The van der Waals surface area contributed by atoms with E-state index in [9.17, 15) is 4.79 Å². The molecule has 0 aliphatic carbocycles. The number of carbonyl (C=O) groups is 1. The third-order valence-electron chi connectivity index (χ3n) is 3.35. The van der Waals surface area contributed by atoms with Crippen LogP contribution in [-0.4, -0.2) is 37.5 Å². The molecule has 1 rings (SSSR count). The molecule has 0 spiro atoms. The van der Waals surface area contributed by atoms with Crippen molar-refractivity contribution in [2.24, 2.45) is 11.1 Å². The van der Waals surface area contributed by atoms with Crippen molar-refractivity contribution in [3.8, 4) is 5.75 Å². The minimum Gasteiger partial charge on any atom is -0.490 e. The van der Waals surface area contributed by atoms with E-state index in [2.05, 4.69) is 27.6 Å². The van der Waals surface area contributed by atoms with Crippen LogP contribution >= 0.6 is 34.2 Å². The van der Waals surface area contributed by atoms with Gasteiger partial charge in [0.1, 0.15) is 9.80 Å². The molecule has 24 heavy (non-hydrogen) atoms. The van der Waals surface area contributed by atoms with Crippen molar-refractivity contribution in [1.82, 2.24) is 4.98 Å². The lowest BCUT2D eigenvalue weighted by Gasteiger charge is -2.30. The fraction of sp³-hybridized carbons (Fsp3) is 0.625. The summed E-state index contributed by atoms with van der Waals surface area (Å²) < 4.78 is 16.7. The summed E-state index contributed by atoms with van der Waals surface area (Å²) in [6, 6.07) is 1.84. The minimum absolute atomic E-state index is 0.267. The van der Waals surface area contributed by atoms with Gasteiger partial charge in [0.2, 0.25) is 0 Å². The Kier molecular flexibility index (Phi) is 8.52. The van der Waals surface area contributed by atoms with Crippen molar-refractivity contribution in [3.63, 3.8) is 0 Å². The molecule has 0 aliphatic rings. The molecule has 2 N–H and O–H groups in total. The van der Waals surface area contributed by atoms with E-state index in [0.717, 1.165) is 15.7 Å². The number of rotatable bonds is 8. The lowest BCUT2D eigenvalue weighted by Crippen LogP contribution is -2.35. The number of ether oxygens (including phenoxy) is 3. The maximum atomic E-state index is 11.2. The Labute approximate surface area is 161 Å². The van der Waals surface area contributed by atoms with Crippen molar-refractivity contribution < 1.29 is 19.0 Å². The Morgan fingerprint density at radius 1 is 1.42 bits per heavy atom. The number of methoxy groups -OCH3 is 1. The van der Waals surface area contributed by atoms with Crippen molar-refractivity contribution in [2.45, 2.75) is 39.7 Å². The minimum atomic E-state index is -0.789. The molecule has 1 atom stereocenters. The number of pyridine rings is 1. The zero-order valence-corrected chi connectivity index (χ0v) is 17.3. The summed E-state index contributed by atoms with van der Waals surface area (Å²) in [5, 5.41) is 0.309. The Morgan fingerprint density at radius 3 is 2.62 bits per heavy atom. The molecule has 1 aromatic heterocycles.